The maximum Gasteiger partial charge on any atom is 0.417 e. The Labute approximate surface area is 249 Å². The minimum atomic E-state index is -4.75. The number of anilines is 2. The number of hydrogen-bond acceptors (Lipinski definition) is 6. The highest BCUT2D eigenvalue weighted by Gasteiger charge is 2.40. The van der Waals surface area contributed by atoms with E-state index in [1.807, 2.05) is 20.9 Å². The van der Waals surface area contributed by atoms with E-state index in [0.29, 0.717) is 48.7 Å². The van der Waals surface area contributed by atoms with Crippen LogP contribution in [0.15, 0.2) is 72.1 Å². The van der Waals surface area contributed by atoms with Crippen LogP contribution in [0.25, 0.3) is 11.1 Å². The topological polar surface area (TPSA) is 60.1 Å². The summed E-state index contributed by atoms with van der Waals surface area (Å²) in [5, 5.41) is 5.31. The fourth-order valence-corrected chi connectivity index (χ4v) is 5.67. The van der Waals surface area contributed by atoms with Crippen molar-refractivity contribution in [1.82, 2.24) is 15.1 Å². The highest BCUT2D eigenvalue weighted by molar-refractivity contribution is 6.09. The third-order valence-electron chi connectivity index (χ3n) is 7.90. The fraction of sp³-hybridized carbons (Fsp3) is 0.406. The molecule has 0 radical (unpaired) electrons. The summed E-state index contributed by atoms with van der Waals surface area (Å²) in [6.07, 6.45) is -2.94. The van der Waals surface area contributed by atoms with Gasteiger partial charge < -0.3 is 25.2 Å². The number of morpholine rings is 1. The first kappa shape index (κ1) is 30.8. The zero-order valence-corrected chi connectivity index (χ0v) is 24.7. The van der Waals surface area contributed by atoms with E-state index in [2.05, 4.69) is 31.9 Å². The van der Waals surface area contributed by atoms with Gasteiger partial charge in [-0.3, -0.25) is 9.69 Å². The molecule has 5 rings (SSSR count). The molecular weight excluding hydrogens is 562 g/mol. The molecule has 0 atom stereocenters. The van der Waals surface area contributed by atoms with Gasteiger partial charge >= 0.3 is 6.18 Å². The van der Waals surface area contributed by atoms with Crippen LogP contribution in [0, 0.1) is 5.82 Å². The summed E-state index contributed by atoms with van der Waals surface area (Å²) < 4.78 is 62.6. The Bertz CT molecular complexity index is 1460. The van der Waals surface area contributed by atoms with E-state index in [0.717, 1.165) is 44.0 Å². The number of halogens is 4. The molecule has 0 unspecified atom stereocenters. The van der Waals surface area contributed by atoms with Gasteiger partial charge in [-0.15, -0.1) is 0 Å². The normalized spacial score (nSPS) is 19.9. The van der Waals surface area contributed by atoms with Crippen LogP contribution in [0.4, 0.5) is 28.9 Å². The molecule has 2 fully saturated rings. The summed E-state index contributed by atoms with van der Waals surface area (Å²) >= 11 is 0. The second-order valence-corrected chi connectivity index (χ2v) is 11.9. The van der Waals surface area contributed by atoms with Crippen molar-refractivity contribution in [2.75, 3.05) is 63.1 Å². The molecule has 0 saturated carbocycles. The number of benzene rings is 2. The average molecular weight is 600 g/mol. The van der Waals surface area contributed by atoms with Crippen LogP contribution >= 0.6 is 0 Å². The van der Waals surface area contributed by atoms with Crippen molar-refractivity contribution in [3.8, 4) is 11.1 Å². The molecule has 230 valence electrons. The molecule has 11 heteroatoms. The lowest BCUT2D eigenvalue weighted by atomic mass is 9.99. The number of nitrogens with one attached hydrogen (secondary N) is 2. The van der Waals surface area contributed by atoms with Crippen LogP contribution < -0.4 is 15.5 Å². The molecule has 2 saturated heterocycles. The summed E-state index contributed by atoms with van der Waals surface area (Å²) in [5.74, 6) is -1.36. The van der Waals surface area contributed by atoms with Crippen LogP contribution in [0.5, 0.6) is 0 Å². The monoisotopic (exact) mass is 599 g/mol. The zero-order valence-electron chi connectivity index (χ0n) is 24.7. The van der Waals surface area contributed by atoms with Gasteiger partial charge in [-0.2, -0.15) is 13.2 Å². The highest BCUT2D eigenvalue weighted by Crippen LogP contribution is 2.37. The maximum absolute atomic E-state index is 15.3. The average Bonchev–Trinajstić information content (AvgIpc) is 2.93. The number of ether oxygens (including phenoxy) is 1. The molecule has 2 aromatic carbocycles. The maximum atomic E-state index is 15.3. The zero-order chi connectivity index (χ0) is 30.9. The Morgan fingerprint density at radius 1 is 1.09 bits per heavy atom. The van der Waals surface area contributed by atoms with Gasteiger partial charge in [0, 0.05) is 63.3 Å². The predicted octanol–water partition coefficient (Wildman–Crippen LogP) is 5.28. The van der Waals surface area contributed by atoms with Crippen LogP contribution in [0.1, 0.15) is 19.4 Å². The minimum Gasteiger partial charge on any atom is -0.373 e. The number of piperazine rings is 1. The number of alkyl halides is 3. The summed E-state index contributed by atoms with van der Waals surface area (Å²) in [7, 11) is 2.01. The molecule has 2 N–H and O–H groups in total. The molecule has 3 aliphatic rings. The summed E-state index contributed by atoms with van der Waals surface area (Å²) in [5.41, 5.74) is 0.836. The summed E-state index contributed by atoms with van der Waals surface area (Å²) in [6.45, 7) is 13.2. The Morgan fingerprint density at radius 3 is 2.53 bits per heavy atom. The Morgan fingerprint density at radius 2 is 1.84 bits per heavy atom. The van der Waals surface area contributed by atoms with Crippen LogP contribution in [-0.2, 0) is 16.1 Å². The Balaban J connectivity index is 1.47. The van der Waals surface area contributed by atoms with E-state index >= 15 is 4.39 Å². The van der Waals surface area contributed by atoms with E-state index in [4.69, 9.17) is 4.74 Å². The summed E-state index contributed by atoms with van der Waals surface area (Å²) in [4.78, 5) is 19.9. The van der Waals surface area contributed by atoms with Gasteiger partial charge in [0.25, 0.3) is 5.91 Å². The molecule has 0 spiro atoms. The second kappa shape index (κ2) is 12.1. The molecule has 43 heavy (non-hydrogen) atoms. The number of dihydropyridines is 1. The SMILES string of the molecule is C=C1C=C(C(F)(F)F)C(C(=O)Nc2cc(-c3cc(CN4CCOC(C)(C)C4)ccc3F)ccc2N2CCN(C)CC2)=CN1. The first-order valence-electron chi connectivity index (χ1n) is 14.3. The van der Waals surface area contributed by atoms with Crippen LogP contribution in [0.3, 0.4) is 0 Å². The molecule has 2 aromatic rings. The molecular formula is C32H37F4N5O2. The van der Waals surface area contributed by atoms with E-state index in [-0.39, 0.29) is 11.3 Å². The van der Waals surface area contributed by atoms with Crippen LogP contribution in [-0.4, -0.2) is 80.4 Å². The number of carbonyl (C=O) groups excluding carboxylic acids is 1. The molecule has 0 bridgehead atoms. The Hall–Kier alpha value is -3.67. The molecule has 7 nitrogen and oxygen atoms in total. The molecule has 0 aromatic heterocycles. The van der Waals surface area contributed by atoms with E-state index in [1.54, 1.807) is 30.3 Å². The van der Waals surface area contributed by atoms with Crippen molar-refractivity contribution in [3.05, 3.63) is 83.5 Å². The molecule has 1 amide bonds. The first-order chi connectivity index (χ1) is 20.3. The van der Waals surface area contributed by atoms with Crippen molar-refractivity contribution in [2.45, 2.75) is 32.2 Å². The number of allylic oxidation sites excluding steroid dienone is 1. The van der Waals surface area contributed by atoms with E-state index in [9.17, 15) is 18.0 Å². The second-order valence-electron chi connectivity index (χ2n) is 11.9. The lowest BCUT2D eigenvalue weighted by Crippen LogP contribution is -2.47. The van der Waals surface area contributed by atoms with Gasteiger partial charge in [0.1, 0.15) is 5.82 Å². The minimum absolute atomic E-state index is 0.0278. The van der Waals surface area contributed by atoms with Gasteiger partial charge in [-0.05, 0) is 62.4 Å². The van der Waals surface area contributed by atoms with Crippen molar-refractivity contribution >= 4 is 17.3 Å². The highest BCUT2D eigenvalue weighted by atomic mass is 19.4. The smallest absolute Gasteiger partial charge is 0.373 e. The Kier molecular flexibility index (Phi) is 8.69. The standard InChI is InChI=1S/C32H37F4N5O2/c1-21-15-26(32(34,35)36)25(18-37-21)30(42)38-28-17-23(6-8-29(28)41-11-9-39(4)10-12-41)24-16-22(5-7-27(24)33)19-40-13-14-43-31(2,3)20-40/h5-8,15-18,37H,1,9-14,19-20H2,2-4H3,(H,38,42). The first-order valence-corrected chi connectivity index (χ1v) is 14.3. The van der Waals surface area contributed by atoms with Crippen molar-refractivity contribution in [3.63, 3.8) is 0 Å². The van der Waals surface area contributed by atoms with Gasteiger partial charge in [-0.1, -0.05) is 18.7 Å². The van der Waals surface area contributed by atoms with Gasteiger partial charge in [-0.25, -0.2) is 4.39 Å². The third-order valence-corrected chi connectivity index (χ3v) is 7.90. The number of amides is 1. The van der Waals surface area contributed by atoms with Crippen molar-refractivity contribution in [2.24, 2.45) is 0 Å². The lowest BCUT2D eigenvalue weighted by molar-refractivity contribution is -0.115. The molecule has 3 heterocycles. The number of likely N-dealkylation sites (N-methyl/N-ethyl adjacent to an activating group) is 1. The largest absolute Gasteiger partial charge is 0.417 e. The van der Waals surface area contributed by atoms with Crippen molar-refractivity contribution < 1.29 is 27.1 Å². The fourth-order valence-electron chi connectivity index (χ4n) is 5.67. The molecule has 0 aliphatic carbocycles. The van der Waals surface area contributed by atoms with Crippen LogP contribution in [0.2, 0.25) is 0 Å². The van der Waals surface area contributed by atoms with Gasteiger partial charge in [0.05, 0.1) is 34.7 Å². The molecule has 3 aliphatic heterocycles. The van der Waals surface area contributed by atoms with Gasteiger partial charge in [0.15, 0.2) is 0 Å². The van der Waals surface area contributed by atoms with Gasteiger partial charge in [0.2, 0.25) is 0 Å². The van der Waals surface area contributed by atoms with Crippen molar-refractivity contribution in [1.29, 1.82) is 0 Å². The quantitative estimate of drug-likeness (QED) is 0.441. The lowest BCUT2D eigenvalue weighted by Gasteiger charge is -2.38. The number of rotatable bonds is 6. The van der Waals surface area contributed by atoms with E-state index in [1.165, 1.54) is 6.07 Å². The summed E-state index contributed by atoms with van der Waals surface area (Å²) in [6, 6.07) is 10.2. The number of carbonyl (C=O) groups is 1. The number of hydrogen-bond donors (Lipinski definition) is 2. The predicted molar refractivity (Wildman–Crippen MR) is 160 cm³/mol. The number of nitrogens with zero attached hydrogens (tertiary/aromatic N) is 3. The van der Waals surface area contributed by atoms with E-state index < -0.39 is 29.0 Å². The third kappa shape index (κ3) is 7.29.